The van der Waals surface area contributed by atoms with Crippen LogP contribution in [0, 0.1) is 6.92 Å². The van der Waals surface area contributed by atoms with Gasteiger partial charge >= 0.3 is 0 Å². The maximum Gasteiger partial charge on any atom is 0.228 e. The fraction of sp³-hybridized carbons (Fsp3) is 0.240. The number of ether oxygens (including phenoxy) is 1. The molecule has 0 aliphatic carbocycles. The molecule has 0 radical (unpaired) electrons. The van der Waals surface area contributed by atoms with Gasteiger partial charge in [0.15, 0.2) is 9.84 Å². The molecule has 0 saturated carbocycles. The van der Waals surface area contributed by atoms with Crippen molar-refractivity contribution >= 4 is 44.6 Å². The van der Waals surface area contributed by atoms with Crippen molar-refractivity contribution < 1.29 is 17.9 Å². The van der Waals surface area contributed by atoms with E-state index < -0.39 is 9.84 Å². The normalized spacial score (nSPS) is 11.3. The van der Waals surface area contributed by atoms with Gasteiger partial charge in [0, 0.05) is 16.8 Å². The van der Waals surface area contributed by atoms with Crippen molar-refractivity contribution in [1.82, 2.24) is 0 Å². The summed E-state index contributed by atoms with van der Waals surface area (Å²) in [6.45, 7) is 5.96. The van der Waals surface area contributed by atoms with Gasteiger partial charge in [0.1, 0.15) is 5.75 Å². The van der Waals surface area contributed by atoms with Crippen LogP contribution in [0.1, 0.15) is 25.0 Å². The first-order valence-corrected chi connectivity index (χ1v) is 12.9. The molecule has 5 nitrogen and oxygen atoms in total. The Bertz CT molecular complexity index is 1250. The average Bonchev–Trinajstić information content (AvgIpc) is 2.75. The van der Waals surface area contributed by atoms with Crippen LogP contribution in [-0.2, 0) is 21.1 Å². The number of aryl methyl sites for hydroxylation is 1. The summed E-state index contributed by atoms with van der Waals surface area (Å²) in [4.78, 5) is 12.8. The zero-order chi connectivity index (χ0) is 24.2. The molecule has 3 rings (SSSR count). The molecular formula is C25H25Cl2NO4S. The van der Waals surface area contributed by atoms with E-state index in [0.717, 1.165) is 11.1 Å². The van der Waals surface area contributed by atoms with Crippen molar-refractivity contribution in [3.63, 3.8) is 0 Å². The van der Waals surface area contributed by atoms with E-state index in [4.69, 9.17) is 27.9 Å². The number of hydrogen-bond donors (Lipinski definition) is 1. The summed E-state index contributed by atoms with van der Waals surface area (Å²) >= 11 is 13.2. The molecule has 0 bridgehead atoms. The fourth-order valence-corrected chi connectivity index (χ4v) is 5.05. The third-order valence-electron chi connectivity index (χ3n) is 5.14. The fourth-order valence-electron chi connectivity index (χ4n) is 3.49. The van der Waals surface area contributed by atoms with E-state index >= 15 is 0 Å². The summed E-state index contributed by atoms with van der Waals surface area (Å²) in [6, 6.07) is 15.3. The summed E-state index contributed by atoms with van der Waals surface area (Å²) in [5, 5.41) is 3.59. The average molecular weight is 506 g/mol. The Morgan fingerprint density at radius 2 is 1.61 bits per heavy atom. The van der Waals surface area contributed by atoms with E-state index in [1.165, 1.54) is 12.1 Å². The zero-order valence-electron chi connectivity index (χ0n) is 18.6. The number of amides is 1. The molecule has 174 valence electrons. The van der Waals surface area contributed by atoms with Crippen LogP contribution in [0.25, 0.3) is 11.1 Å². The van der Waals surface area contributed by atoms with Gasteiger partial charge in [-0.05, 0) is 55.3 Å². The highest BCUT2D eigenvalue weighted by atomic mass is 35.5. The largest absolute Gasteiger partial charge is 0.493 e. The molecule has 3 aromatic rings. The number of carbonyl (C=O) groups excluding carboxylic acids is 1. The molecule has 0 unspecified atom stereocenters. The molecule has 0 aliphatic rings. The first-order chi connectivity index (χ1) is 15.7. The number of sulfone groups is 1. The van der Waals surface area contributed by atoms with Crippen LogP contribution in [-0.4, -0.2) is 26.7 Å². The third-order valence-corrected chi connectivity index (χ3v) is 7.48. The maximum atomic E-state index is 12.6. The predicted molar refractivity (Wildman–Crippen MR) is 134 cm³/mol. The molecule has 33 heavy (non-hydrogen) atoms. The van der Waals surface area contributed by atoms with Gasteiger partial charge < -0.3 is 10.1 Å². The smallest absolute Gasteiger partial charge is 0.228 e. The lowest BCUT2D eigenvalue weighted by atomic mass is 9.98. The molecule has 0 aromatic heterocycles. The highest BCUT2D eigenvalue weighted by Gasteiger charge is 2.18. The van der Waals surface area contributed by atoms with Crippen LogP contribution in [0.4, 0.5) is 5.69 Å². The van der Waals surface area contributed by atoms with E-state index in [1.54, 1.807) is 31.2 Å². The second-order valence-corrected chi connectivity index (χ2v) is 10.6. The molecule has 0 spiro atoms. The van der Waals surface area contributed by atoms with Gasteiger partial charge in [-0.2, -0.15) is 0 Å². The molecule has 3 aromatic carbocycles. The van der Waals surface area contributed by atoms with Gasteiger partial charge in [-0.1, -0.05) is 54.4 Å². The Kier molecular flexibility index (Phi) is 8.05. The van der Waals surface area contributed by atoms with Gasteiger partial charge in [-0.15, -0.1) is 0 Å². The van der Waals surface area contributed by atoms with E-state index in [9.17, 15) is 13.2 Å². The van der Waals surface area contributed by atoms with Crippen LogP contribution in [0.3, 0.4) is 0 Å². The highest BCUT2D eigenvalue weighted by molar-refractivity contribution is 7.91. The van der Waals surface area contributed by atoms with Crippen LogP contribution >= 0.6 is 23.2 Å². The molecule has 0 aliphatic heterocycles. The van der Waals surface area contributed by atoms with Crippen molar-refractivity contribution in [2.45, 2.75) is 32.1 Å². The summed E-state index contributed by atoms with van der Waals surface area (Å²) < 4.78 is 29.6. The number of benzene rings is 3. The SMILES string of the molecule is CCOc1cccc(C)c1-c1c(Cl)cc(NC(=O)Cc2ccc(S(=O)(=O)CC)cc2)cc1Cl. The minimum absolute atomic E-state index is 0.0267. The van der Waals surface area contributed by atoms with Gasteiger partial charge in [0.05, 0.1) is 33.7 Å². The van der Waals surface area contributed by atoms with Gasteiger partial charge in [0.25, 0.3) is 0 Å². The first kappa shape index (κ1) is 25.1. The Morgan fingerprint density at radius 1 is 0.970 bits per heavy atom. The second kappa shape index (κ2) is 10.6. The van der Waals surface area contributed by atoms with Crippen LogP contribution < -0.4 is 10.1 Å². The standard InChI is InChI=1S/C25H25Cl2NO4S/c1-4-32-22-8-6-7-16(3)24(22)25-20(26)14-18(15-21(25)27)28-23(29)13-17-9-11-19(12-10-17)33(30,31)5-2/h6-12,14-15H,4-5,13H2,1-3H3,(H,28,29). The molecule has 0 atom stereocenters. The minimum Gasteiger partial charge on any atom is -0.493 e. The van der Waals surface area contributed by atoms with Crippen molar-refractivity contribution in [2.75, 3.05) is 17.7 Å². The number of anilines is 1. The summed E-state index contributed by atoms with van der Waals surface area (Å²) in [5.74, 6) is 0.442. The Morgan fingerprint density at radius 3 is 2.18 bits per heavy atom. The lowest BCUT2D eigenvalue weighted by molar-refractivity contribution is -0.115. The van der Waals surface area contributed by atoms with Crippen molar-refractivity contribution in [3.05, 3.63) is 75.8 Å². The molecule has 0 heterocycles. The topological polar surface area (TPSA) is 72.5 Å². The minimum atomic E-state index is -3.28. The van der Waals surface area contributed by atoms with E-state index in [2.05, 4.69) is 5.32 Å². The summed E-state index contributed by atoms with van der Waals surface area (Å²) in [7, 11) is -3.28. The molecule has 8 heteroatoms. The number of rotatable bonds is 8. The predicted octanol–water partition coefficient (Wildman–Crippen LogP) is 6.34. The molecule has 1 N–H and O–H groups in total. The van der Waals surface area contributed by atoms with E-state index in [1.807, 2.05) is 32.0 Å². The number of carbonyl (C=O) groups is 1. The summed E-state index contributed by atoms with van der Waals surface area (Å²) in [5.41, 5.74) is 3.59. The number of hydrogen-bond acceptors (Lipinski definition) is 4. The molecule has 0 saturated heterocycles. The Balaban J connectivity index is 1.81. The zero-order valence-corrected chi connectivity index (χ0v) is 20.9. The lowest BCUT2D eigenvalue weighted by Gasteiger charge is -2.17. The Hall–Kier alpha value is -2.54. The highest BCUT2D eigenvalue weighted by Crippen LogP contribution is 2.43. The van der Waals surface area contributed by atoms with Gasteiger partial charge in [-0.3, -0.25) is 4.79 Å². The molecular weight excluding hydrogens is 481 g/mol. The van der Waals surface area contributed by atoms with Gasteiger partial charge in [0.2, 0.25) is 5.91 Å². The van der Waals surface area contributed by atoms with Crippen LogP contribution in [0.5, 0.6) is 5.75 Å². The van der Waals surface area contributed by atoms with Crippen molar-refractivity contribution in [2.24, 2.45) is 0 Å². The lowest BCUT2D eigenvalue weighted by Crippen LogP contribution is -2.14. The monoisotopic (exact) mass is 505 g/mol. The van der Waals surface area contributed by atoms with Crippen molar-refractivity contribution in [1.29, 1.82) is 0 Å². The number of nitrogens with one attached hydrogen (secondary N) is 1. The molecule has 0 fully saturated rings. The van der Waals surface area contributed by atoms with Crippen molar-refractivity contribution in [3.8, 4) is 16.9 Å². The van der Waals surface area contributed by atoms with E-state index in [-0.39, 0.29) is 23.0 Å². The quantitative estimate of drug-likeness (QED) is 0.387. The second-order valence-electron chi connectivity index (χ2n) is 7.47. The van der Waals surface area contributed by atoms with Gasteiger partial charge in [-0.25, -0.2) is 8.42 Å². The third kappa shape index (κ3) is 5.88. The summed E-state index contributed by atoms with van der Waals surface area (Å²) in [6.07, 6.45) is 0.0791. The van der Waals surface area contributed by atoms with Crippen LogP contribution in [0.2, 0.25) is 10.0 Å². The maximum absolute atomic E-state index is 12.6. The van der Waals surface area contributed by atoms with Crippen LogP contribution in [0.15, 0.2) is 59.5 Å². The number of halogens is 2. The Labute approximate surface area is 204 Å². The first-order valence-electron chi connectivity index (χ1n) is 10.5. The van der Waals surface area contributed by atoms with E-state index in [0.29, 0.717) is 39.2 Å². The molecule has 1 amide bonds.